The molecule has 4 nitrogen and oxygen atoms in total. The van der Waals surface area contributed by atoms with E-state index in [1.807, 2.05) is 12.1 Å². The predicted molar refractivity (Wildman–Crippen MR) is 97.6 cm³/mol. The van der Waals surface area contributed by atoms with Crippen LogP contribution in [0.15, 0.2) is 29.6 Å². The van der Waals surface area contributed by atoms with Crippen molar-refractivity contribution in [3.8, 4) is 5.75 Å². The molecule has 0 saturated carbocycles. The van der Waals surface area contributed by atoms with E-state index in [1.54, 1.807) is 11.3 Å². The van der Waals surface area contributed by atoms with Gasteiger partial charge in [0.25, 0.3) is 0 Å². The van der Waals surface area contributed by atoms with Crippen LogP contribution < -0.4 is 10.1 Å². The summed E-state index contributed by atoms with van der Waals surface area (Å²) in [6.07, 6.45) is 0. The van der Waals surface area contributed by atoms with Crippen molar-refractivity contribution in [3.63, 3.8) is 0 Å². The van der Waals surface area contributed by atoms with Gasteiger partial charge in [-0.2, -0.15) is 0 Å². The molecule has 1 saturated heterocycles. The van der Waals surface area contributed by atoms with Gasteiger partial charge in [-0.1, -0.05) is 17.7 Å². The third kappa shape index (κ3) is 5.46. The van der Waals surface area contributed by atoms with Gasteiger partial charge in [0, 0.05) is 37.6 Å². The van der Waals surface area contributed by atoms with Crippen LogP contribution in [0.5, 0.6) is 5.75 Å². The van der Waals surface area contributed by atoms with E-state index in [0.29, 0.717) is 12.6 Å². The SMILES string of the molecule is Cc1ccc(OCc2nc(CN3CCNC(C)C3)cs2)cc1.Cl. The molecule has 1 aliphatic rings. The fourth-order valence-electron chi connectivity index (χ4n) is 2.65. The van der Waals surface area contributed by atoms with E-state index in [1.165, 1.54) is 5.56 Å². The minimum atomic E-state index is 0. The van der Waals surface area contributed by atoms with Gasteiger partial charge in [0.05, 0.1) is 5.69 Å². The monoisotopic (exact) mass is 353 g/mol. The quantitative estimate of drug-likeness (QED) is 0.895. The van der Waals surface area contributed by atoms with Gasteiger partial charge >= 0.3 is 0 Å². The van der Waals surface area contributed by atoms with Crippen molar-refractivity contribution in [2.75, 3.05) is 19.6 Å². The van der Waals surface area contributed by atoms with Gasteiger partial charge in [-0.05, 0) is 26.0 Å². The highest BCUT2D eigenvalue weighted by Gasteiger charge is 2.16. The van der Waals surface area contributed by atoms with Crippen LogP contribution in [0.3, 0.4) is 0 Å². The number of rotatable bonds is 5. The summed E-state index contributed by atoms with van der Waals surface area (Å²) in [6, 6.07) is 8.71. The Morgan fingerprint density at radius 3 is 2.87 bits per heavy atom. The summed E-state index contributed by atoms with van der Waals surface area (Å²) in [5, 5.41) is 6.66. The molecular weight excluding hydrogens is 330 g/mol. The lowest BCUT2D eigenvalue weighted by Gasteiger charge is -2.31. The standard InChI is InChI=1S/C17H23N3OS.ClH/c1-13-3-5-16(6-4-13)21-11-17-19-15(12-22-17)10-20-8-7-18-14(2)9-20;/h3-6,12,14,18H,7-11H2,1-2H3;1H. The fraction of sp³-hybridized carbons (Fsp3) is 0.471. The summed E-state index contributed by atoms with van der Waals surface area (Å²) >= 11 is 1.68. The number of halogens is 1. The van der Waals surface area contributed by atoms with Gasteiger partial charge in [-0.15, -0.1) is 23.7 Å². The van der Waals surface area contributed by atoms with E-state index in [0.717, 1.165) is 42.6 Å². The van der Waals surface area contributed by atoms with Gasteiger partial charge < -0.3 is 10.1 Å². The topological polar surface area (TPSA) is 37.4 Å². The molecule has 0 amide bonds. The van der Waals surface area contributed by atoms with E-state index in [2.05, 4.69) is 41.6 Å². The minimum Gasteiger partial charge on any atom is -0.486 e. The molecule has 0 spiro atoms. The molecule has 1 aromatic heterocycles. The second-order valence-electron chi connectivity index (χ2n) is 5.92. The van der Waals surface area contributed by atoms with Gasteiger partial charge in [0.2, 0.25) is 0 Å². The molecule has 0 radical (unpaired) electrons. The normalized spacial score (nSPS) is 18.4. The van der Waals surface area contributed by atoms with Gasteiger partial charge in [0.15, 0.2) is 0 Å². The highest BCUT2D eigenvalue weighted by atomic mass is 35.5. The van der Waals surface area contributed by atoms with Crippen molar-refractivity contribution < 1.29 is 4.74 Å². The summed E-state index contributed by atoms with van der Waals surface area (Å²) in [6.45, 7) is 9.04. The number of nitrogens with zero attached hydrogens (tertiary/aromatic N) is 2. The number of hydrogen-bond acceptors (Lipinski definition) is 5. The van der Waals surface area contributed by atoms with Crippen LogP contribution in [0.4, 0.5) is 0 Å². The number of aromatic nitrogens is 1. The van der Waals surface area contributed by atoms with Crippen LogP contribution in [0, 0.1) is 6.92 Å². The van der Waals surface area contributed by atoms with E-state index < -0.39 is 0 Å². The van der Waals surface area contributed by atoms with Crippen LogP contribution in [0.25, 0.3) is 0 Å². The molecular formula is C17H24ClN3OS. The lowest BCUT2D eigenvalue weighted by molar-refractivity contribution is 0.197. The summed E-state index contributed by atoms with van der Waals surface area (Å²) < 4.78 is 5.79. The van der Waals surface area contributed by atoms with E-state index in [9.17, 15) is 0 Å². The number of hydrogen-bond donors (Lipinski definition) is 1. The molecule has 1 fully saturated rings. The van der Waals surface area contributed by atoms with Crippen LogP contribution in [0.2, 0.25) is 0 Å². The number of thiazole rings is 1. The largest absolute Gasteiger partial charge is 0.486 e. The maximum absolute atomic E-state index is 5.79. The Balaban J connectivity index is 0.00000192. The third-order valence-electron chi connectivity index (χ3n) is 3.82. The van der Waals surface area contributed by atoms with Gasteiger partial charge in [-0.3, -0.25) is 4.90 Å². The molecule has 3 rings (SSSR count). The lowest BCUT2D eigenvalue weighted by Crippen LogP contribution is -2.48. The minimum absolute atomic E-state index is 0. The van der Waals surface area contributed by atoms with E-state index in [-0.39, 0.29) is 12.4 Å². The number of ether oxygens (including phenoxy) is 1. The molecule has 1 atom stereocenters. The highest BCUT2D eigenvalue weighted by Crippen LogP contribution is 2.17. The molecule has 1 unspecified atom stereocenters. The van der Waals surface area contributed by atoms with Gasteiger partial charge in [-0.25, -0.2) is 4.98 Å². The first-order valence-corrected chi connectivity index (χ1v) is 8.65. The molecule has 0 aliphatic carbocycles. The number of benzene rings is 1. The number of piperazine rings is 1. The molecule has 6 heteroatoms. The zero-order valence-electron chi connectivity index (χ0n) is 13.6. The average molecular weight is 354 g/mol. The Morgan fingerprint density at radius 2 is 2.13 bits per heavy atom. The molecule has 1 N–H and O–H groups in total. The molecule has 0 bridgehead atoms. The number of aryl methyl sites for hydroxylation is 1. The van der Waals surface area contributed by atoms with Crippen molar-refractivity contribution in [2.45, 2.75) is 33.0 Å². The average Bonchev–Trinajstić information content (AvgIpc) is 2.94. The van der Waals surface area contributed by atoms with Crippen molar-refractivity contribution in [2.24, 2.45) is 0 Å². The Kier molecular flexibility index (Phi) is 6.84. The summed E-state index contributed by atoms with van der Waals surface area (Å²) in [5.74, 6) is 0.901. The smallest absolute Gasteiger partial charge is 0.140 e. The summed E-state index contributed by atoms with van der Waals surface area (Å²) in [5.41, 5.74) is 2.40. The zero-order valence-corrected chi connectivity index (χ0v) is 15.3. The maximum Gasteiger partial charge on any atom is 0.140 e. The van der Waals surface area contributed by atoms with Crippen LogP contribution in [-0.4, -0.2) is 35.6 Å². The first-order valence-electron chi connectivity index (χ1n) is 7.77. The van der Waals surface area contributed by atoms with Crippen molar-refractivity contribution in [1.29, 1.82) is 0 Å². The second kappa shape index (κ2) is 8.64. The van der Waals surface area contributed by atoms with Gasteiger partial charge in [0.1, 0.15) is 17.4 Å². The van der Waals surface area contributed by atoms with Crippen molar-refractivity contribution in [3.05, 3.63) is 45.9 Å². The molecule has 1 aromatic carbocycles. The predicted octanol–water partition coefficient (Wildman–Crippen LogP) is 3.25. The Hall–Kier alpha value is -1.14. The molecule has 23 heavy (non-hydrogen) atoms. The summed E-state index contributed by atoms with van der Waals surface area (Å²) in [4.78, 5) is 7.15. The molecule has 1 aliphatic heterocycles. The fourth-order valence-corrected chi connectivity index (χ4v) is 3.35. The van der Waals surface area contributed by atoms with E-state index >= 15 is 0 Å². The zero-order chi connectivity index (χ0) is 15.4. The summed E-state index contributed by atoms with van der Waals surface area (Å²) in [7, 11) is 0. The lowest BCUT2D eigenvalue weighted by atomic mass is 10.2. The first kappa shape index (κ1) is 18.2. The van der Waals surface area contributed by atoms with E-state index in [4.69, 9.17) is 9.72 Å². The Labute approximate surface area is 148 Å². The Bertz CT molecular complexity index is 602. The van der Waals surface area contributed by atoms with Crippen molar-refractivity contribution in [1.82, 2.24) is 15.2 Å². The molecule has 2 aromatic rings. The maximum atomic E-state index is 5.79. The Morgan fingerprint density at radius 1 is 1.35 bits per heavy atom. The van der Waals surface area contributed by atoms with Crippen LogP contribution >= 0.6 is 23.7 Å². The molecule has 126 valence electrons. The van der Waals surface area contributed by atoms with Crippen LogP contribution in [-0.2, 0) is 13.2 Å². The first-order chi connectivity index (χ1) is 10.7. The number of nitrogens with one attached hydrogen (secondary N) is 1. The third-order valence-corrected chi connectivity index (χ3v) is 4.69. The highest BCUT2D eigenvalue weighted by molar-refractivity contribution is 7.09. The second-order valence-corrected chi connectivity index (χ2v) is 6.87. The molecule has 2 heterocycles. The van der Waals surface area contributed by atoms with Crippen molar-refractivity contribution >= 4 is 23.7 Å². The van der Waals surface area contributed by atoms with Crippen LogP contribution in [0.1, 0.15) is 23.2 Å².